The Kier molecular flexibility index (Phi) is 3.63. The molecule has 114 valence electrons. The Bertz CT molecular complexity index is 715. The van der Waals surface area contributed by atoms with E-state index in [9.17, 15) is 4.79 Å². The molecule has 0 bridgehead atoms. The maximum atomic E-state index is 12.4. The summed E-state index contributed by atoms with van der Waals surface area (Å²) in [4.78, 5) is 14.4. The zero-order chi connectivity index (χ0) is 15.7. The molecule has 1 amide bonds. The van der Waals surface area contributed by atoms with E-state index in [4.69, 9.17) is 9.47 Å². The van der Waals surface area contributed by atoms with Gasteiger partial charge in [0.1, 0.15) is 6.17 Å². The molecule has 5 heteroatoms. The molecule has 0 unspecified atom stereocenters. The van der Waals surface area contributed by atoms with Crippen molar-refractivity contribution in [1.82, 2.24) is 5.32 Å². The van der Waals surface area contributed by atoms with E-state index in [-0.39, 0.29) is 12.1 Å². The smallest absolute Gasteiger partial charge is 0.255 e. The minimum Gasteiger partial charge on any atom is -0.493 e. The fourth-order valence-corrected chi connectivity index (χ4v) is 2.82. The van der Waals surface area contributed by atoms with E-state index in [0.29, 0.717) is 17.1 Å². The number of nitrogens with one attached hydrogen (secondary N) is 1. The standard InChI is InChI=1S/C17H18N2O3/c1-19-13-9-5-4-7-11(13)17(20)18-16(19)12-8-6-10-14(21-2)15(12)22-3/h4-10,16H,1-3H3,(H,18,20)/t16-/m1/s1. The van der Waals surface area contributed by atoms with Gasteiger partial charge in [0.15, 0.2) is 11.5 Å². The maximum absolute atomic E-state index is 12.4. The van der Waals surface area contributed by atoms with Crippen molar-refractivity contribution in [2.24, 2.45) is 0 Å². The maximum Gasteiger partial charge on any atom is 0.255 e. The first kappa shape index (κ1) is 14.3. The Morgan fingerprint density at radius 1 is 1.05 bits per heavy atom. The van der Waals surface area contributed by atoms with Crippen molar-refractivity contribution in [3.05, 3.63) is 53.6 Å². The van der Waals surface area contributed by atoms with Gasteiger partial charge in [-0.2, -0.15) is 0 Å². The molecule has 0 aliphatic carbocycles. The van der Waals surface area contributed by atoms with Gasteiger partial charge in [-0.1, -0.05) is 24.3 Å². The Hall–Kier alpha value is -2.69. The Labute approximate surface area is 129 Å². The number of carbonyl (C=O) groups excluding carboxylic acids is 1. The van der Waals surface area contributed by atoms with E-state index in [1.165, 1.54) is 0 Å². The Balaban J connectivity index is 2.09. The van der Waals surface area contributed by atoms with Gasteiger partial charge in [0, 0.05) is 12.6 Å². The quantitative estimate of drug-likeness (QED) is 0.946. The van der Waals surface area contributed by atoms with E-state index < -0.39 is 0 Å². The van der Waals surface area contributed by atoms with Crippen molar-refractivity contribution >= 4 is 11.6 Å². The summed E-state index contributed by atoms with van der Waals surface area (Å²) in [5.74, 6) is 1.17. The van der Waals surface area contributed by atoms with Crippen LogP contribution in [0, 0.1) is 0 Å². The third-order valence-corrected chi connectivity index (χ3v) is 3.91. The largest absolute Gasteiger partial charge is 0.493 e. The van der Waals surface area contributed by atoms with Gasteiger partial charge in [0.2, 0.25) is 0 Å². The topological polar surface area (TPSA) is 50.8 Å². The lowest BCUT2D eigenvalue weighted by atomic mass is 10.0. The monoisotopic (exact) mass is 298 g/mol. The third kappa shape index (κ3) is 2.15. The second-order valence-electron chi connectivity index (χ2n) is 5.09. The molecule has 0 fully saturated rings. The van der Waals surface area contributed by atoms with E-state index in [1.807, 2.05) is 54.4 Å². The van der Waals surface area contributed by atoms with Crippen LogP contribution in [-0.4, -0.2) is 27.2 Å². The molecule has 22 heavy (non-hydrogen) atoms. The molecule has 1 N–H and O–H groups in total. The lowest BCUT2D eigenvalue weighted by Crippen LogP contribution is -2.44. The number of anilines is 1. The lowest BCUT2D eigenvalue weighted by Gasteiger charge is -2.37. The van der Waals surface area contributed by atoms with Crippen molar-refractivity contribution in [2.45, 2.75) is 6.17 Å². The lowest BCUT2D eigenvalue weighted by molar-refractivity contribution is 0.0927. The summed E-state index contributed by atoms with van der Waals surface area (Å²) in [6.07, 6.45) is -0.313. The van der Waals surface area contributed by atoms with Crippen LogP contribution in [0.3, 0.4) is 0 Å². The molecule has 2 aromatic carbocycles. The summed E-state index contributed by atoms with van der Waals surface area (Å²) in [7, 11) is 5.14. The molecule has 1 aliphatic rings. The summed E-state index contributed by atoms with van der Waals surface area (Å²) in [6, 6.07) is 13.2. The highest BCUT2D eigenvalue weighted by Gasteiger charge is 2.31. The number of hydrogen-bond donors (Lipinski definition) is 1. The highest BCUT2D eigenvalue weighted by Crippen LogP contribution is 2.39. The number of amides is 1. The predicted molar refractivity (Wildman–Crippen MR) is 84.6 cm³/mol. The van der Waals surface area contributed by atoms with Crippen LogP contribution in [0.5, 0.6) is 11.5 Å². The first-order valence-corrected chi connectivity index (χ1v) is 7.01. The van der Waals surface area contributed by atoms with E-state index in [0.717, 1.165) is 11.3 Å². The summed E-state index contributed by atoms with van der Waals surface area (Å²) >= 11 is 0. The van der Waals surface area contributed by atoms with Gasteiger partial charge in [-0.15, -0.1) is 0 Å². The molecule has 1 aliphatic heterocycles. The van der Waals surface area contributed by atoms with Crippen LogP contribution in [0.4, 0.5) is 5.69 Å². The number of methoxy groups -OCH3 is 2. The minimum atomic E-state index is -0.313. The van der Waals surface area contributed by atoms with Gasteiger partial charge in [0.05, 0.1) is 25.5 Å². The van der Waals surface area contributed by atoms with Gasteiger partial charge in [0.25, 0.3) is 5.91 Å². The van der Waals surface area contributed by atoms with Gasteiger partial charge in [-0.25, -0.2) is 0 Å². The van der Waals surface area contributed by atoms with Crippen LogP contribution in [0.2, 0.25) is 0 Å². The SMILES string of the molecule is COc1cccc([C@@H]2NC(=O)c3ccccc3N2C)c1OC. The highest BCUT2D eigenvalue weighted by molar-refractivity contribution is 6.02. The Morgan fingerprint density at radius 2 is 1.82 bits per heavy atom. The summed E-state index contributed by atoms with van der Waals surface area (Å²) < 4.78 is 10.8. The van der Waals surface area contributed by atoms with Crippen LogP contribution in [0.1, 0.15) is 22.1 Å². The van der Waals surface area contributed by atoms with Gasteiger partial charge < -0.3 is 19.7 Å². The van der Waals surface area contributed by atoms with E-state index >= 15 is 0 Å². The molecular formula is C17H18N2O3. The molecule has 1 heterocycles. The first-order valence-electron chi connectivity index (χ1n) is 7.01. The van der Waals surface area contributed by atoms with E-state index in [1.54, 1.807) is 14.2 Å². The van der Waals surface area contributed by atoms with Crippen molar-refractivity contribution in [1.29, 1.82) is 0 Å². The second kappa shape index (κ2) is 5.60. The predicted octanol–water partition coefficient (Wildman–Crippen LogP) is 2.58. The third-order valence-electron chi connectivity index (χ3n) is 3.91. The van der Waals surface area contributed by atoms with Gasteiger partial charge in [-0.05, 0) is 18.2 Å². The number of hydrogen-bond acceptors (Lipinski definition) is 4. The molecule has 5 nitrogen and oxygen atoms in total. The molecular weight excluding hydrogens is 280 g/mol. The average molecular weight is 298 g/mol. The minimum absolute atomic E-state index is 0.0939. The second-order valence-corrected chi connectivity index (χ2v) is 5.09. The fourth-order valence-electron chi connectivity index (χ4n) is 2.82. The zero-order valence-electron chi connectivity index (χ0n) is 12.8. The molecule has 2 aromatic rings. The highest BCUT2D eigenvalue weighted by atomic mass is 16.5. The summed E-state index contributed by atoms with van der Waals surface area (Å²) in [5.41, 5.74) is 2.41. The number of nitrogens with zero attached hydrogens (tertiary/aromatic N) is 1. The van der Waals surface area contributed by atoms with Crippen LogP contribution >= 0.6 is 0 Å². The van der Waals surface area contributed by atoms with Crippen LogP contribution in [0.25, 0.3) is 0 Å². The fraction of sp³-hybridized carbons (Fsp3) is 0.235. The number of rotatable bonds is 3. The summed E-state index contributed by atoms with van der Waals surface area (Å²) in [6.45, 7) is 0. The molecule has 0 aromatic heterocycles. The van der Waals surface area contributed by atoms with Crippen molar-refractivity contribution in [3.63, 3.8) is 0 Å². The molecule has 0 saturated carbocycles. The molecule has 3 rings (SSSR count). The molecule has 0 radical (unpaired) electrons. The first-order chi connectivity index (χ1) is 10.7. The number of benzene rings is 2. The van der Waals surface area contributed by atoms with Crippen molar-refractivity contribution in [2.75, 3.05) is 26.2 Å². The Morgan fingerprint density at radius 3 is 2.55 bits per heavy atom. The zero-order valence-corrected chi connectivity index (χ0v) is 12.8. The molecule has 0 spiro atoms. The summed E-state index contributed by atoms with van der Waals surface area (Å²) in [5, 5.41) is 3.02. The molecule has 1 atom stereocenters. The van der Waals surface area contributed by atoms with Crippen molar-refractivity contribution < 1.29 is 14.3 Å². The van der Waals surface area contributed by atoms with E-state index in [2.05, 4.69) is 5.32 Å². The number of ether oxygens (including phenoxy) is 2. The average Bonchev–Trinajstić information content (AvgIpc) is 2.57. The number of carbonyl (C=O) groups is 1. The number of para-hydroxylation sites is 2. The normalized spacial score (nSPS) is 16.8. The number of fused-ring (bicyclic) bond motifs is 1. The van der Waals surface area contributed by atoms with Gasteiger partial charge >= 0.3 is 0 Å². The van der Waals surface area contributed by atoms with Crippen LogP contribution < -0.4 is 19.7 Å². The van der Waals surface area contributed by atoms with Crippen molar-refractivity contribution in [3.8, 4) is 11.5 Å². The van der Waals surface area contributed by atoms with Crippen LogP contribution in [-0.2, 0) is 0 Å². The van der Waals surface area contributed by atoms with Gasteiger partial charge in [-0.3, -0.25) is 4.79 Å². The van der Waals surface area contributed by atoms with Crippen LogP contribution in [0.15, 0.2) is 42.5 Å². The molecule has 0 saturated heterocycles.